The van der Waals surface area contributed by atoms with Crippen LogP contribution >= 0.6 is 15.9 Å². The quantitative estimate of drug-likeness (QED) is 0.748. The molecule has 0 spiro atoms. The van der Waals surface area contributed by atoms with Crippen molar-refractivity contribution in [1.82, 2.24) is 0 Å². The second kappa shape index (κ2) is 6.80. The number of carbonyl (C=O) groups is 2. The smallest absolute Gasteiger partial charge is 0.347 e. The second-order valence-corrected chi connectivity index (χ2v) is 5.26. The Bertz CT molecular complexity index is 557. The van der Waals surface area contributed by atoms with Crippen LogP contribution in [0.15, 0.2) is 16.6 Å². The van der Waals surface area contributed by atoms with Gasteiger partial charge in [0.1, 0.15) is 0 Å². The average molecular weight is 359 g/mol. The zero-order valence-corrected chi connectivity index (χ0v) is 13.3. The highest BCUT2D eigenvalue weighted by Gasteiger charge is 2.30. The molecule has 1 heterocycles. The molecule has 6 nitrogen and oxygen atoms in total. The van der Waals surface area contributed by atoms with Crippen LogP contribution in [0.25, 0.3) is 0 Å². The number of hydrogen-bond donors (Lipinski definition) is 0. The molecule has 114 valence electrons. The van der Waals surface area contributed by atoms with Crippen LogP contribution < -0.4 is 9.47 Å². The maximum absolute atomic E-state index is 11.9. The summed E-state index contributed by atoms with van der Waals surface area (Å²) in [4.78, 5) is 23.2. The molecule has 0 amide bonds. The van der Waals surface area contributed by atoms with Crippen LogP contribution in [0.3, 0.4) is 0 Å². The fourth-order valence-corrected chi connectivity index (χ4v) is 2.43. The zero-order chi connectivity index (χ0) is 15.4. The molecule has 0 saturated carbocycles. The number of esters is 2. The summed E-state index contributed by atoms with van der Waals surface area (Å²) in [5, 5.41) is 0. The van der Waals surface area contributed by atoms with Crippen LogP contribution in [0, 0.1) is 0 Å². The fraction of sp³-hybridized carbons (Fsp3) is 0.429. The van der Waals surface area contributed by atoms with Crippen LogP contribution in [0.1, 0.15) is 12.0 Å². The third kappa shape index (κ3) is 3.66. The van der Waals surface area contributed by atoms with E-state index in [4.69, 9.17) is 18.9 Å². The number of hydrogen-bond acceptors (Lipinski definition) is 6. The number of ether oxygens (including phenoxy) is 4. The van der Waals surface area contributed by atoms with Crippen LogP contribution in [-0.2, 0) is 25.5 Å². The molecule has 1 aromatic rings. The van der Waals surface area contributed by atoms with Gasteiger partial charge in [-0.3, -0.25) is 4.79 Å². The predicted octanol–water partition coefficient (Wildman–Crippen LogP) is 1.87. The van der Waals surface area contributed by atoms with Crippen LogP contribution in [0.4, 0.5) is 0 Å². The molecule has 0 unspecified atom stereocenters. The van der Waals surface area contributed by atoms with Crippen molar-refractivity contribution in [3.05, 3.63) is 22.2 Å². The van der Waals surface area contributed by atoms with Crippen LogP contribution in [0.2, 0.25) is 0 Å². The number of carbonyl (C=O) groups excluding carboxylic acids is 2. The van der Waals surface area contributed by atoms with E-state index in [0.29, 0.717) is 28.0 Å². The van der Waals surface area contributed by atoms with E-state index in [1.54, 1.807) is 12.1 Å². The molecule has 1 aliphatic heterocycles. The molecule has 1 aliphatic rings. The van der Waals surface area contributed by atoms with Gasteiger partial charge >= 0.3 is 11.9 Å². The Morgan fingerprint density at radius 3 is 2.57 bits per heavy atom. The maximum Gasteiger partial charge on any atom is 0.347 e. The van der Waals surface area contributed by atoms with Gasteiger partial charge < -0.3 is 18.9 Å². The van der Waals surface area contributed by atoms with Gasteiger partial charge in [-0.1, -0.05) is 15.9 Å². The first kappa shape index (κ1) is 15.6. The third-order valence-electron chi connectivity index (χ3n) is 3.05. The van der Waals surface area contributed by atoms with Crippen molar-refractivity contribution in [2.45, 2.75) is 18.9 Å². The fourth-order valence-electron chi connectivity index (χ4n) is 1.97. The van der Waals surface area contributed by atoms with Crippen molar-refractivity contribution >= 4 is 27.9 Å². The van der Waals surface area contributed by atoms with Gasteiger partial charge in [0.15, 0.2) is 11.5 Å². The summed E-state index contributed by atoms with van der Waals surface area (Å²) in [6.45, 7) is 0.289. The molecule has 0 bridgehead atoms. The van der Waals surface area contributed by atoms with E-state index in [1.165, 1.54) is 14.2 Å². The summed E-state index contributed by atoms with van der Waals surface area (Å²) >= 11 is 3.37. The molecular weight excluding hydrogens is 344 g/mol. The van der Waals surface area contributed by atoms with E-state index in [9.17, 15) is 9.59 Å². The number of halogens is 1. The molecule has 7 heteroatoms. The van der Waals surface area contributed by atoms with Crippen molar-refractivity contribution < 1.29 is 28.5 Å². The third-order valence-corrected chi connectivity index (χ3v) is 3.79. The molecule has 1 aromatic carbocycles. The van der Waals surface area contributed by atoms with Crippen LogP contribution in [0.5, 0.6) is 11.5 Å². The van der Waals surface area contributed by atoms with Gasteiger partial charge in [-0.05, 0) is 17.7 Å². The lowest BCUT2D eigenvalue weighted by Crippen LogP contribution is -2.23. The van der Waals surface area contributed by atoms with E-state index in [1.807, 2.05) is 0 Å². The lowest BCUT2D eigenvalue weighted by atomic mass is 10.1. The first-order valence-corrected chi connectivity index (χ1v) is 7.11. The molecule has 0 N–H and O–H groups in total. The highest BCUT2D eigenvalue weighted by molar-refractivity contribution is 9.10. The molecule has 1 atom stereocenters. The minimum atomic E-state index is -0.795. The van der Waals surface area contributed by atoms with E-state index in [-0.39, 0.29) is 13.0 Å². The SMILES string of the molecule is COc1cc(Br)c(CC(=O)O[C@@H]2CCOC2=O)cc1OC. The van der Waals surface area contributed by atoms with Crippen molar-refractivity contribution in [1.29, 1.82) is 0 Å². The molecule has 1 saturated heterocycles. The monoisotopic (exact) mass is 358 g/mol. The first-order valence-electron chi connectivity index (χ1n) is 6.31. The van der Waals surface area contributed by atoms with Gasteiger partial charge in [0, 0.05) is 10.9 Å². The Kier molecular flexibility index (Phi) is 5.06. The van der Waals surface area contributed by atoms with Gasteiger partial charge in [-0.2, -0.15) is 0 Å². The number of benzene rings is 1. The summed E-state index contributed by atoms with van der Waals surface area (Å²) < 4.78 is 20.9. The standard InChI is InChI=1S/C14H15BrO6/c1-18-11-5-8(9(15)7-12(11)19-2)6-13(16)21-10-3-4-20-14(10)17/h5,7,10H,3-4,6H2,1-2H3/t10-/m1/s1. The predicted molar refractivity (Wildman–Crippen MR) is 76.4 cm³/mol. The van der Waals surface area contributed by atoms with Gasteiger partial charge in [-0.25, -0.2) is 4.79 Å². The van der Waals surface area contributed by atoms with Gasteiger partial charge in [0.25, 0.3) is 0 Å². The molecule has 21 heavy (non-hydrogen) atoms. The lowest BCUT2D eigenvalue weighted by Gasteiger charge is -2.12. The number of cyclic esters (lactones) is 1. The van der Waals surface area contributed by atoms with Gasteiger partial charge in [-0.15, -0.1) is 0 Å². The Labute approximate surface area is 130 Å². The summed E-state index contributed by atoms with van der Waals surface area (Å²) in [7, 11) is 3.05. The van der Waals surface area contributed by atoms with E-state index in [2.05, 4.69) is 15.9 Å². The first-order chi connectivity index (χ1) is 10.0. The Balaban J connectivity index is 2.08. The van der Waals surface area contributed by atoms with Crippen molar-refractivity contribution in [2.75, 3.05) is 20.8 Å². The van der Waals surface area contributed by atoms with Gasteiger partial charge in [0.05, 0.1) is 27.2 Å². The summed E-state index contributed by atoms with van der Waals surface area (Å²) in [6.07, 6.45) is -0.376. The summed E-state index contributed by atoms with van der Waals surface area (Å²) in [5.41, 5.74) is 0.684. The average Bonchev–Trinajstić information content (AvgIpc) is 2.85. The van der Waals surface area contributed by atoms with E-state index >= 15 is 0 Å². The molecule has 1 fully saturated rings. The number of rotatable bonds is 5. The Hall–Kier alpha value is -1.76. The highest BCUT2D eigenvalue weighted by Crippen LogP contribution is 2.33. The van der Waals surface area contributed by atoms with Crippen molar-refractivity contribution in [3.63, 3.8) is 0 Å². The van der Waals surface area contributed by atoms with Crippen LogP contribution in [-0.4, -0.2) is 38.9 Å². The summed E-state index contributed by atoms with van der Waals surface area (Å²) in [5.74, 6) is 0.0890. The highest BCUT2D eigenvalue weighted by atomic mass is 79.9. The normalized spacial score (nSPS) is 17.3. The minimum absolute atomic E-state index is 0.0186. The second-order valence-electron chi connectivity index (χ2n) is 4.41. The molecule has 0 aliphatic carbocycles. The van der Waals surface area contributed by atoms with Crippen molar-refractivity contribution in [2.24, 2.45) is 0 Å². The minimum Gasteiger partial charge on any atom is -0.493 e. The molecular formula is C14H15BrO6. The van der Waals surface area contributed by atoms with Crippen molar-refractivity contribution in [3.8, 4) is 11.5 Å². The largest absolute Gasteiger partial charge is 0.493 e. The topological polar surface area (TPSA) is 71.1 Å². The lowest BCUT2D eigenvalue weighted by molar-refractivity contribution is -0.159. The van der Waals surface area contributed by atoms with E-state index in [0.717, 1.165) is 0 Å². The number of methoxy groups -OCH3 is 2. The Morgan fingerprint density at radius 1 is 1.33 bits per heavy atom. The summed E-state index contributed by atoms with van der Waals surface area (Å²) in [6, 6.07) is 3.41. The van der Waals surface area contributed by atoms with Gasteiger partial charge in [0.2, 0.25) is 6.10 Å². The molecule has 2 rings (SSSR count). The van der Waals surface area contributed by atoms with E-state index < -0.39 is 18.0 Å². The molecule has 0 radical (unpaired) electrons. The maximum atomic E-state index is 11.9. The Morgan fingerprint density at radius 2 is 2.00 bits per heavy atom. The molecule has 0 aromatic heterocycles. The zero-order valence-electron chi connectivity index (χ0n) is 11.7.